The smallest absolute Gasteiger partial charge is 0.224 e. The van der Waals surface area contributed by atoms with Gasteiger partial charge in [0.25, 0.3) is 0 Å². The van der Waals surface area contributed by atoms with E-state index in [0.717, 1.165) is 18.5 Å². The predicted molar refractivity (Wildman–Crippen MR) is 82.3 cm³/mol. The van der Waals surface area contributed by atoms with Gasteiger partial charge < -0.3 is 5.32 Å². The van der Waals surface area contributed by atoms with Gasteiger partial charge in [0.15, 0.2) is 5.78 Å². The zero-order valence-corrected chi connectivity index (χ0v) is 12.2. The van der Waals surface area contributed by atoms with Gasteiger partial charge in [-0.25, -0.2) is 0 Å². The van der Waals surface area contributed by atoms with Crippen molar-refractivity contribution < 1.29 is 9.59 Å². The van der Waals surface area contributed by atoms with E-state index in [0.29, 0.717) is 12.0 Å². The third-order valence-electron chi connectivity index (χ3n) is 2.98. The monoisotopic (exact) mass is 287 g/mol. The number of hydrogen-bond acceptors (Lipinski definition) is 3. The van der Waals surface area contributed by atoms with Crippen molar-refractivity contribution in [1.82, 2.24) is 0 Å². The second-order valence-electron chi connectivity index (χ2n) is 4.61. The minimum atomic E-state index is 0.0112. The van der Waals surface area contributed by atoms with Gasteiger partial charge in [-0.05, 0) is 55.5 Å². The first-order chi connectivity index (χ1) is 9.65. The number of amides is 1. The molecular weight excluding hydrogens is 270 g/mol. The van der Waals surface area contributed by atoms with Crippen molar-refractivity contribution >= 4 is 28.7 Å². The number of thiophene rings is 1. The Labute approximate surface area is 122 Å². The number of benzene rings is 1. The molecule has 2 rings (SSSR count). The number of nitrogens with one attached hydrogen (secondary N) is 1. The van der Waals surface area contributed by atoms with Crippen molar-refractivity contribution in [2.45, 2.75) is 26.2 Å². The van der Waals surface area contributed by atoms with E-state index in [1.165, 1.54) is 11.8 Å². The van der Waals surface area contributed by atoms with Crippen LogP contribution in [0.4, 0.5) is 5.69 Å². The van der Waals surface area contributed by atoms with Crippen molar-refractivity contribution in [1.29, 1.82) is 0 Å². The fraction of sp³-hybridized carbons (Fsp3) is 0.250. The van der Waals surface area contributed by atoms with E-state index in [1.54, 1.807) is 35.6 Å². The summed E-state index contributed by atoms with van der Waals surface area (Å²) >= 11 is 1.72. The summed E-state index contributed by atoms with van der Waals surface area (Å²) in [5.41, 5.74) is 1.39. The molecule has 0 aliphatic carbocycles. The lowest BCUT2D eigenvalue weighted by Crippen LogP contribution is -2.11. The zero-order valence-electron chi connectivity index (χ0n) is 11.4. The summed E-state index contributed by atoms with van der Waals surface area (Å²) in [6.07, 6.45) is 2.29. The molecule has 1 aromatic heterocycles. The molecule has 1 amide bonds. The van der Waals surface area contributed by atoms with Gasteiger partial charge in [0.2, 0.25) is 5.91 Å². The van der Waals surface area contributed by atoms with Gasteiger partial charge in [-0.1, -0.05) is 6.07 Å². The highest BCUT2D eigenvalue weighted by Crippen LogP contribution is 2.13. The molecule has 4 heteroatoms. The lowest BCUT2D eigenvalue weighted by molar-refractivity contribution is -0.116. The average molecular weight is 287 g/mol. The maximum Gasteiger partial charge on any atom is 0.224 e. The van der Waals surface area contributed by atoms with Crippen LogP contribution in [0.25, 0.3) is 0 Å². The van der Waals surface area contributed by atoms with Gasteiger partial charge in [0.1, 0.15) is 0 Å². The molecule has 0 saturated carbocycles. The van der Waals surface area contributed by atoms with E-state index in [4.69, 9.17) is 0 Å². The quantitative estimate of drug-likeness (QED) is 0.819. The molecule has 0 aliphatic heterocycles. The first-order valence-electron chi connectivity index (χ1n) is 6.58. The van der Waals surface area contributed by atoms with E-state index < -0.39 is 0 Å². The van der Waals surface area contributed by atoms with Crippen LogP contribution in [0.15, 0.2) is 41.8 Å². The molecule has 20 heavy (non-hydrogen) atoms. The Balaban J connectivity index is 1.77. The van der Waals surface area contributed by atoms with Crippen LogP contribution in [0.2, 0.25) is 0 Å². The molecule has 1 N–H and O–H groups in total. The first-order valence-corrected chi connectivity index (χ1v) is 7.46. The normalized spacial score (nSPS) is 10.2. The summed E-state index contributed by atoms with van der Waals surface area (Å²) in [5.74, 6) is 0.0379. The fourth-order valence-electron chi connectivity index (χ4n) is 1.89. The number of carbonyl (C=O) groups is 2. The van der Waals surface area contributed by atoms with Gasteiger partial charge >= 0.3 is 0 Å². The van der Waals surface area contributed by atoms with Gasteiger partial charge in [-0.15, -0.1) is 11.3 Å². The molecule has 2 aromatic rings. The Kier molecular flexibility index (Phi) is 5.07. The highest BCUT2D eigenvalue weighted by Gasteiger charge is 2.04. The topological polar surface area (TPSA) is 46.2 Å². The van der Waals surface area contributed by atoms with Gasteiger partial charge in [-0.3, -0.25) is 9.59 Å². The molecule has 0 saturated heterocycles. The summed E-state index contributed by atoms with van der Waals surface area (Å²) in [6.45, 7) is 1.53. The Bertz CT molecular complexity index is 573. The molecule has 0 atom stereocenters. The molecule has 0 bridgehead atoms. The van der Waals surface area contributed by atoms with Crippen LogP contribution in [-0.4, -0.2) is 11.7 Å². The zero-order chi connectivity index (χ0) is 14.4. The minimum Gasteiger partial charge on any atom is -0.326 e. The summed E-state index contributed by atoms with van der Waals surface area (Å²) in [7, 11) is 0. The lowest BCUT2D eigenvalue weighted by atomic mass is 10.1. The van der Waals surface area contributed by atoms with Crippen LogP contribution in [0.1, 0.15) is 35.0 Å². The molecule has 0 unspecified atom stereocenters. The second kappa shape index (κ2) is 7.01. The summed E-state index contributed by atoms with van der Waals surface area (Å²) < 4.78 is 0. The number of anilines is 1. The molecule has 1 aromatic carbocycles. The summed E-state index contributed by atoms with van der Waals surface area (Å²) in [6, 6.07) is 11.1. The Hall–Kier alpha value is -1.94. The predicted octanol–water partition coefficient (Wildman–Crippen LogP) is 3.91. The molecule has 1 heterocycles. The SMILES string of the molecule is CC(=O)c1ccc(NC(=O)CCCc2cccs2)cc1. The van der Waals surface area contributed by atoms with E-state index in [-0.39, 0.29) is 11.7 Å². The van der Waals surface area contributed by atoms with Crippen LogP contribution in [0, 0.1) is 0 Å². The summed E-state index contributed by atoms with van der Waals surface area (Å²) in [5, 5.41) is 4.89. The molecule has 104 valence electrons. The first kappa shape index (κ1) is 14.5. The van der Waals surface area contributed by atoms with E-state index in [2.05, 4.69) is 11.4 Å². The van der Waals surface area contributed by atoms with Crippen molar-refractivity contribution in [2.24, 2.45) is 0 Å². The van der Waals surface area contributed by atoms with Crippen LogP contribution < -0.4 is 5.32 Å². The highest BCUT2D eigenvalue weighted by atomic mass is 32.1. The maximum atomic E-state index is 11.8. The number of carbonyl (C=O) groups excluding carboxylic acids is 2. The number of Topliss-reactive ketones (excluding diaryl/α,β-unsaturated/α-hetero) is 1. The molecule has 0 spiro atoms. The number of rotatable bonds is 6. The Morgan fingerprint density at radius 3 is 2.50 bits per heavy atom. The van der Waals surface area contributed by atoms with E-state index in [9.17, 15) is 9.59 Å². The van der Waals surface area contributed by atoms with Gasteiger partial charge in [0, 0.05) is 22.5 Å². The summed E-state index contributed by atoms with van der Waals surface area (Å²) in [4.78, 5) is 24.2. The third kappa shape index (κ3) is 4.31. The Morgan fingerprint density at radius 1 is 1.15 bits per heavy atom. The molecular formula is C16H17NO2S. The average Bonchev–Trinajstić information content (AvgIpc) is 2.92. The second-order valence-corrected chi connectivity index (χ2v) is 5.65. The van der Waals surface area contributed by atoms with Crippen LogP contribution in [-0.2, 0) is 11.2 Å². The van der Waals surface area contributed by atoms with Gasteiger partial charge in [-0.2, -0.15) is 0 Å². The number of ketones is 1. The lowest BCUT2D eigenvalue weighted by Gasteiger charge is -2.05. The van der Waals surface area contributed by atoms with Crippen LogP contribution >= 0.6 is 11.3 Å². The van der Waals surface area contributed by atoms with Crippen molar-refractivity contribution in [3.8, 4) is 0 Å². The third-order valence-corrected chi connectivity index (χ3v) is 3.92. The fourth-order valence-corrected chi connectivity index (χ4v) is 2.64. The molecule has 0 radical (unpaired) electrons. The minimum absolute atomic E-state index is 0.0112. The van der Waals surface area contributed by atoms with Crippen LogP contribution in [0.3, 0.4) is 0 Å². The van der Waals surface area contributed by atoms with Crippen molar-refractivity contribution in [2.75, 3.05) is 5.32 Å². The Morgan fingerprint density at radius 2 is 1.90 bits per heavy atom. The van der Waals surface area contributed by atoms with Crippen molar-refractivity contribution in [3.63, 3.8) is 0 Å². The van der Waals surface area contributed by atoms with E-state index in [1.807, 2.05) is 11.4 Å². The van der Waals surface area contributed by atoms with Crippen molar-refractivity contribution in [3.05, 3.63) is 52.2 Å². The molecule has 3 nitrogen and oxygen atoms in total. The number of aryl methyl sites for hydroxylation is 1. The van der Waals surface area contributed by atoms with E-state index >= 15 is 0 Å². The number of hydrogen-bond donors (Lipinski definition) is 1. The molecule has 0 aliphatic rings. The maximum absolute atomic E-state index is 11.8. The van der Waals surface area contributed by atoms with Gasteiger partial charge in [0.05, 0.1) is 0 Å². The largest absolute Gasteiger partial charge is 0.326 e. The standard InChI is InChI=1S/C16H17NO2S/c1-12(18)13-7-9-14(10-8-13)17-16(19)6-2-4-15-5-3-11-20-15/h3,5,7-11H,2,4,6H2,1H3,(H,17,19). The van der Waals surface area contributed by atoms with Crippen LogP contribution in [0.5, 0.6) is 0 Å². The highest BCUT2D eigenvalue weighted by molar-refractivity contribution is 7.09. The molecule has 0 fully saturated rings.